The Morgan fingerprint density at radius 1 is 1.20 bits per heavy atom. The molecule has 2 aromatic rings. The van der Waals surface area contributed by atoms with Crippen LogP contribution in [0.4, 0.5) is 0 Å². The lowest BCUT2D eigenvalue weighted by Gasteiger charge is -2.37. The van der Waals surface area contributed by atoms with E-state index in [9.17, 15) is 14.4 Å². The third-order valence-electron chi connectivity index (χ3n) is 6.71. The molecular formula is C25H27N5O5. The lowest BCUT2D eigenvalue weighted by Crippen LogP contribution is -2.46. The Hall–Kier alpha value is -3.92. The molecule has 1 atom stereocenters. The van der Waals surface area contributed by atoms with Crippen molar-refractivity contribution in [2.75, 3.05) is 33.4 Å². The zero-order chi connectivity index (χ0) is 24.7. The Morgan fingerprint density at radius 3 is 2.63 bits per heavy atom. The summed E-state index contributed by atoms with van der Waals surface area (Å²) in [6.07, 6.45) is 4.97. The number of carbonyl (C=O) groups excluding carboxylic acids is 3. The summed E-state index contributed by atoms with van der Waals surface area (Å²) in [7, 11) is 1.58. The minimum atomic E-state index is -0.661. The molecule has 10 heteroatoms. The highest BCUT2D eigenvalue weighted by atomic mass is 16.5. The fourth-order valence-corrected chi connectivity index (χ4v) is 4.94. The molecule has 2 N–H and O–H groups in total. The Labute approximate surface area is 202 Å². The molecule has 1 saturated heterocycles. The fraction of sp³-hybridized carbons (Fsp3) is 0.360. The zero-order valence-electron chi connectivity index (χ0n) is 19.7. The summed E-state index contributed by atoms with van der Waals surface area (Å²) < 4.78 is 12.0. The monoisotopic (exact) mass is 477 g/mol. The molecule has 1 unspecified atom stereocenters. The Bertz CT molecular complexity index is 1260. The van der Waals surface area contributed by atoms with Crippen LogP contribution in [0.5, 0.6) is 5.75 Å². The molecule has 10 nitrogen and oxygen atoms in total. The van der Waals surface area contributed by atoms with Crippen LogP contribution in [0, 0.1) is 0 Å². The van der Waals surface area contributed by atoms with Gasteiger partial charge < -0.3 is 25.0 Å². The van der Waals surface area contributed by atoms with Crippen molar-refractivity contribution < 1.29 is 23.9 Å². The van der Waals surface area contributed by atoms with E-state index in [4.69, 9.17) is 15.2 Å². The number of methoxy groups -OCH3 is 1. The standard InChI is InChI=1S/C25H27N5O5/c1-15-13-17(5-8-20(15)29-11-12-35-14-21(29)31)28-10-9-19-22(24(26)32)27-30(23(19)25(28)33)16-3-6-18(34-2)7-4-16/h3-8,17H,9-14H2,1-2H3,(H2,26,32). The van der Waals surface area contributed by atoms with Crippen molar-refractivity contribution in [1.29, 1.82) is 0 Å². The van der Waals surface area contributed by atoms with Gasteiger partial charge in [0.1, 0.15) is 18.1 Å². The summed E-state index contributed by atoms with van der Waals surface area (Å²) in [5, 5.41) is 4.41. The second-order valence-corrected chi connectivity index (χ2v) is 8.79. The molecule has 5 rings (SSSR count). The first-order chi connectivity index (χ1) is 16.9. The van der Waals surface area contributed by atoms with Crippen LogP contribution in [0.1, 0.15) is 39.9 Å². The number of nitrogens with two attached hydrogens (primary N) is 1. The van der Waals surface area contributed by atoms with Crippen LogP contribution in [0.25, 0.3) is 5.69 Å². The lowest BCUT2D eigenvalue weighted by atomic mass is 9.94. The average Bonchev–Trinajstić information content (AvgIpc) is 3.26. The summed E-state index contributed by atoms with van der Waals surface area (Å²) >= 11 is 0. The second-order valence-electron chi connectivity index (χ2n) is 8.79. The van der Waals surface area contributed by atoms with Crippen LogP contribution >= 0.6 is 0 Å². The summed E-state index contributed by atoms with van der Waals surface area (Å²) in [4.78, 5) is 41.7. The van der Waals surface area contributed by atoms with E-state index in [1.807, 2.05) is 19.1 Å². The molecule has 0 spiro atoms. The molecule has 0 bridgehead atoms. The number of primary amides is 1. The topological polar surface area (TPSA) is 120 Å². The van der Waals surface area contributed by atoms with Gasteiger partial charge in [0.25, 0.3) is 17.7 Å². The summed E-state index contributed by atoms with van der Waals surface area (Å²) in [6.45, 7) is 3.53. The van der Waals surface area contributed by atoms with E-state index in [0.29, 0.717) is 55.2 Å². The molecule has 182 valence electrons. The molecule has 3 aliphatic rings. The first-order valence-electron chi connectivity index (χ1n) is 11.5. The third kappa shape index (κ3) is 3.99. The number of amides is 3. The Balaban J connectivity index is 1.45. The highest BCUT2D eigenvalue weighted by Gasteiger charge is 2.37. The van der Waals surface area contributed by atoms with Gasteiger partial charge in [-0.1, -0.05) is 6.08 Å². The lowest BCUT2D eigenvalue weighted by molar-refractivity contribution is -0.139. The van der Waals surface area contributed by atoms with Crippen LogP contribution in [0.15, 0.2) is 47.7 Å². The largest absolute Gasteiger partial charge is 0.497 e. The molecule has 1 aromatic heterocycles. The van der Waals surface area contributed by atoms with E-state index in [1.165, 1.54) is 4.68 Å². The molecule has 0 saturated carbocycles. The van der Waals surface area contributed by atoms with E-state index in [1.54, 1.807) is 41.2 Å². The number of nitrogens with zero attached hydrogens (tertiary/aromatic N) is 4. The minimum absolute atomic E-state index is 0.0604. The quantitative estimate of drug-likeness (QED) is 0.696. The number of hydrogen-bond acceptors (Lipinski definition) is 6. The molecule has 2 aliphatic heterocycles. The normalized spacial score (nSPS) is 20.3. The van der Waals surface area contributed by atoms with Crippen LogP contribution in [0.2, 0.25) is 0 Å². The summed E-state index contributed by atoms with van der Waals surface area (Å²) in [5.41, 5.74) is 9.17. The number of hydrogen-bond donors (Lipinski definition) is 1. The highest BCUT2D eigenvalue weighted by Crippen LogP contribution is 2.31. The fourth-order valence-electron chi connectivity index (χ4n) is 4.94. The summed E-state index contributed by atoms with van der Waals surface area (Å²) in [6, 6.07) is 6.92. The Kier molecular flexibility index (Phi) is 5.89. The van der Waals surface area contributed by atoms with Crippen LogP contribution < -0.4 is 10.5 Å². The smallest absolute Gasteiger partial charge is 0.273 e. The van der Waals surface area contributed by atoms with Gasteiger partial charge in [0.2, 0.25) is 0 Å². The Morgan fingerprint density at radius 2 is 1.97 bits per heavy atom. The van der Waals surface area contributed by atoms with Gasteiger partial charge in [0.15, 0.2) is 5.69 Å². The van der Waals surface area contributed by atoms with E-state index in [-0.39, 0.29) is 30.2 Å². The van der Waals surface area contributed by atoms with Gasteiger partial charge in [-0.3, -0.25) is 14.4 Å². The van der Waals surface area contributed by atoms with Gasteiger partial charge in [-0.05, 0) is 55.7 Å². The molecular weight excluding hydrogens is 450 g/mol. The molecule has 35 heavy (non-hydrogen) atoms. The first-order valence-corrected chi connectivity index (χ1v) is 11.5. The van der Waals surface area contributed by atoms with Gasteiger partial charge in [0, 0.05) is 24.4 Å². The van der Waals surface area contributed by atoms with Crippen molar-refractivity contribution in [3.05, 3.63) is 64.6 Å². The summed E-state index contributed by atoms with van der Waals surface area (Å²) in [5.74, 6) is -0.266. The van der Waals surface area contributed by atoms with Crippen LogP contribution in [-0.4, -0.2) is 76.8 Å². The van der Waals surface area contributed by atoms with Gasteiger partial charge in [-0.2, -0.15) is 5.10 Å². The number of aromatic nitrogens is 2. The SMILES string of the molecule is COc1ccc(-n2nc(C(N)=O)c3c2C(=O)N(C2C=CC(N4CCOCC4=O)=C(C)C2)CC3)cc1. The van der Waals surface area contributed by atoms with Gasteiger partial charge in [-0.25, -0.2) is 4.68 Å². The average molecular weight is 478 g/mol. The molecule has 1 aromatic carbocycles. The predicted octanol–water partition coefficient (Wildman–Crippen LogP) is 1.44. The number of fused-ring (bicyclic) bond motifs is 1. The van der Waals surface area contributed by atoms with Crippen molar-refractivity contribution in [2.45, 2.75) is 25.8 Å². The second kappa shape index (κ2) is 9.03. The molecule has 1 fully saturated rings. The number of morpholine rings is 1. The van der Waals surface area contributed by atoms with Crippen LogP contribution in [-0.2, 0) is 16.0 Å². The maximum absolute atomic E-state index is 13.8. The number of carbonyl (C=O) groups is 3. The maximum Gasteiger partial charge on any atom is 0.273 e. The van der Waals surface area contributed by atoms with Crippen molar-refractivity contribution in [2.24, 2.45) is 5.73 Å². The number of benzene rings is 1. The predicted molar refractivity (Wildman–Crippen MR) is 126 cm³/mol. The molecule has 1 aliphatic carbocycles. The highest BCUT2D eigenvalue weighted by molar-refractivity contribution is 6.01. The molecule has 0 radical (unpaired) electrons. The van der Waals surface area contributed by atoms with E-state index in [2.05, 4.69) is 5.10 Å². The number of ether oxygens (including phenoxy) is 2. The number of allylic oxidation sites excluding steroid dienone is 1. The van der Waals surface area contributed by atoms with Gasteiger partial charge >= 0.3 is 0 Å². The van der Waals surface area contributed by atoms with Crippen molar-refractivity contribution in [3.63, 3.8) is 0 Å². The van der Waals surface area contributed by atoms with E-state index >= 15 is 0 Å². The molecule has 3 heterocycles. The first kappa shape index (κ1) is 22.9. The molecule has 3 amide bonds. The third-order valence-corrected chi connectivity index (χ3v) is 6.71. The van der Waals surface area contributed by atoms with E-state index in [0.717, 1.165) is 11.3 Å². The van der Waals surface area contributed by atoms with Crippen molar-refractivity contribution in [1.82, 2.24) is 19.6 Å². The maximum atomic E-state index is 13.8. The van der Waals surface area contributed by atoms with Crippen molar-refractivity contribution in [3.8, 4) is 11.4 Å². The van der Waals surface area contributed by atoms with E-state index < -0.39 is 5.91 Å². The number of rotatable bonds is 5. The van der Waals surface area contributed by atoms with Crippen molar-refractivity contribution >= 4 is 17.7 Å². The van der Waals surface area contributed by atoms with Crippen LogP contribution in [0.3, 0.4) is 0 Å². The minimum Gasteiger partial charge on any atom is -0.497 e. The van der Waals surface area contributed by atoms with Gasteiger partial charge in [0.05, 0.1) is 25.4 Å². The zero-order valence-corrected chi connectivity index (χ0v) is 19.7. The van der Waals surface area contributed by atoms with Gasteiger partial charge in [-0.15, -0.1) is 0 Å².